The second-order valence-electron chi connectivity index (χ2n) is 6.62. The Bertz CT molecular complexity index is 724. The molecular formula is C22H24BO3-. The summed E-state index contributed by atoms with van der Waals surface area (Å²) in [6.07, 6.45) is -1.14. The van der Waals surface area contributed by atoms with E-state index in [0.717, 1.165) is 17.2 Å². The molecule has 3 aromatic rings. The fraction of sp³-hybridized carbons (Fsp3) is 0.182. The van der Waals surface area contributed by atoms with Gasteiger partial charge in [-0.05, 0) is 36.4 Å². The summed E-state index contributed by atoms with van der Waals surface area (Å²) < 4.78 is 16.0. The number of hydrogen-bond acceptors (Lipinski definition) is 3. The highest BCUT2D eigenvalue weighted by atomic mass is 16.5. The second kappa shape index (κ2) is 7.57. The van der Waals surface area contributed by atoms with Gasteiger partial charge in [-0.25, -0.2) is 0 Å². The van der Waals surface area contributed by atoms with Crippen LogP contribution < -0.4 is 30.6 Å². The summed E-state index contributed by atoms with van der Waals surface area (Å²) in [6, 6.07) is 25.0. The molecule has 4 heteroatoms. The Morgan fingerprint density at radius 1 is 0.462 bits per heavy atom. The third-order valence-electron chi connectivity index (χ3n) is 5.35. The molecule has 0 aliphatic rings. The van der Waals surface area contributed by atoms with Crippen molar-refractivity contribution in [1.29, 1.82) is 0 Å². The Balaban J connectivity index is 2.15. The largest absolute Gasteiger partial charge is 0.497 e. The number of hydrogen-bond donors (Lipinski definition) is 0. The van der Waals surface area contributed by atoms with Gasteiger partial charge in [-0.1, -0.05) is 36.4 Å². The fourth-order valence-corrected chi connectivity index (χ4v) is 3.54. The summed E-state index contributed by atoms with van der Waals surface area (Å²) in [4.78, 5) is 0. The van der Waals surface area contributed by atoms with Crippen LogP contribution in [-0.4, -0.2) is 27.5 Å². The minimum Gasteiger partial charge on any atom is -0.497 e. The molecule has 0 heterocycles. The lowest BCUT2D eigenvalue weighted by Gasteiger charge is -2.39. The van der Waals surface area contributed by atoms with E-state index in [-0.39, 0.29) is 0 Å². The van der Waals surface area contributed by atoms with Gasteiger partial charge in [0.05, 0.1) is 27.5 Å². The van der Waals surface area contributed by atoms with Crippen molar-refractivity contribution >= 4 is 22.5 Å². The molecule has 0 aromatic heterocycles. The normalized spacial score (nSPS) is 11.1. The second-order valence-corrected chi connectivity index (χ2v) is 6.62. The van der Waals surface area contributed by atoms with Gasteiger partial charge in [0.2, 0.25) is 0 Å². The molecule has 0 unspecified atom stereocenters. The highest BCUT2D eigenvalue weighted by molar-refractivity contribution is 7.10. The zero-order chi connectivity index (χ0) is 18.6. The van der Waals surface area contributed by atoms with Gasteiger partial charge in [0, 0.05) is 0 Å². The fourth-order valence-electron chi connectivity index (χ4n) is 3.54. The minimum absolute atomic E-state index is 0.858. The van der Waals surface area contributed by atoms with Crippen molar-refractivity contribution in [3.63, 3.8) is 0 Å². The van der Waals surface area contributed by atoms with E-state index in [1.807, 2.05) is 36.4 Å². The highest BCUT2D eigenvalue weighted by Gasteiger charge is 2.25. The van der Waals surface area contributed by atoms with Crippen molar-refractivity contribution in [2.75, 3.05) is 21.3 Å². The first-order chi connectivity index (χ1) is 12.6. The Morgan fingerprint density at radius 2 is 0.692 bits per heavy atom. The first-order valence-corrected chi connectivity index (χ1v) is 8.74. The SMILES string of the molecule is COc1ccc([B-](C)(c2ccc(OC)cc2)c2ccc(OC)cc2)cc1. The third kappa shape index (κ3) is 3.27. The molecule has 0 saturated carbocycles. The average Bonchev–Trinajstić information content (AvgIpc) is 2.73. The van der Waals surface area contributed by atoms with Crippen LogP contribution >= 0.6 is 0 Å². The quantitative estimate of drug-likeness (QED) is 0.642. The summed E-state index contributed by atoms with van der Waals surface area (Å²) in [7, 11) is 5.06. The van der Waals surface area contributed by atoms with Gasteiger partial charge in [-0.2, -0.15) is 23.2 Å². The van der Waals surface area contributed by atoms with E-state index in [2.05, 4.69) is 43.2 Å². The standard InChI is InChI=1S/C22H24BO3/c1-23(17-5-11-20(24-2)12-6-17,18-7-13-21(25-3)14-8-18)19-9-15-22(26-4)16-10-19/h5-16H,1-4H3/q-1. The lowest BCUT2D eigenvalue weighted by molar-refractivity contribution is 0.415. The van der Waals surface area contributed by atoms with Gasteiger partial charge >= 0.3 is 0 Å². The Kier molecular flexibility index (Phi) is 5.22. The summed E-state index contributed by atoms with van der Waals surface area (Å²) in [5.74, 6) is 2.57. The van der Waals surface area contributed by atoms with Crippen LogP contribution in [0, 0.1) is 0 Å². The number of rotatable bonds is 6. The van der Waals surface area contributed by atoms with Crippen LogP contribution in [-0.2, 0) is 0 Å². The molecule has 0 atom stereocenters. The molecule has 0 saturated heterocycles. The maximum Gasteiger partial charge on any atom is 0.118 e. The van der Waals surface area contributed by atoms with E-state index >= 15 is 0 Å². The molecule has 0 aliphatic carbocycles. The van der Waals surface area contributed by atoms with Crippen LogP contribution in [0.2, 0.25) is 6.82 Å². The van der Waals surface area contributed by atoms with E-state index in [4.69, 9.17) is 14.2 Å². The van der Waals surface area contributed by atoms with Crippen molar-refractivity contribution in [1.82, 2.24) is 0 Å². The molecule has 3 rings (SSSR count). The molecule has 0 radical (unpaired) electrons. The van der Waals surface area contributed by atoms with Crippen LogP contribution in [0.1, 0.15) is 0 Å². The zero-order valence-corrected chi connectivity index (χ0v) is 15.7. The molecule has 26 heavy (non-hydrogen) atoms. The Morgan fingerprint density at radius 3 is 0.885 bits per heavy atom. The topological polar surface area (TPSA) is 27.7 Å². The molecule has 0 aliphatic heterocycles. The predicted octanol–water partition coefficient (Wildman–Crippen LogP) is 2.81. The summed E-state index contributed by atoms with van der Waals surface area (Å²) in [5, 5.41) is 0. The van der Waals surface area contributed by atoms with Crippen LogP contribution in [0.25, 0.3) is 0 Å². The first kappa shape index (κ1) is 17.9. The Labute approximate surface area is 155 Å². The molecule has 0 fully saturated rings. The van der Waals surface area contributed by atoms with E-state index < -0.39 is 6.15 Å². The van der Waals surface area contributed by atoms with Crippen molar-refractivity contribution in [3.8, 4) is 17.2 Å². The molecular weight excluding hydrogens is 323 g/mol. The van der Waals surface area contributed by atoms with Gasteiger partial charge in [0.25, 0.3) is 0 Å². The van der Waals surface area contributed by atoms with Crippen LogP contribution in [0.3, 0.4) is 0 Å². The lowest BCUT2D eigenvalue weighted by Crippen LogP contribution is -2.64. The first-order valence-electron chi connectivity index (χ1n) is 8.74. The van der Waals surface area contributed by atoms with E-state index in [0.29, 0.717) is 0 Å². The van der Waals surface area contributed by atoms with Gasteiger partial charge in [0.1, 0.15) is 17.2 Å². The average molecular weight is 347 g/mol. The molecule has 0 bridgehead atoms. The van der Waals surface area contributed by atoms with Crippen LogP contribution in [0.5, 0.6) is 17.2 Å². The number of ether oxygens (including phenoxy) is 3. The van der Waals surface area contributed by atoms with Gasteiger partial charge < -0.3 is 14.2 Å². The summed E-state index contributed by atoms with van der Waals surface area (Å²) in [5.41, 5.74) is 3.75. The molecule has 134 valence electrons. The van der Waals surface area contributed by atoms with Crippen molar-refractivity contribution in [3.05, 3.63) is 72.8 Å². The van der Waals surface area contributed by atoms with E-state index in [9.17, 15) is 0 Å². The maximum atomic E-state index is 5.33. The smallest absolute Gasteiger partial charge is 0.118 e. The van der Waals surface area contributed by atoms with Crippen molar-refractivity contribution in [2.24, 2.45) is 0 Å². The Hall–Kier alpha value is -2.88. The van der Waals surface area contributed by atoms with E-state index in [1.54, 1.807) is 21.3 Å². The molecule has 0 amide bonds. The minimum atomic E-state index is -1.14. The van der Waals surface area contributed by atoms with Crippen LogP contribution in [0.4, 0.5) is 0 Å². The molecule has 3 nitrogen and oxygen atoms in total. The third-order valence-corrected chi connectivity index (χ3v) is 5.35. The monoisotopic (exact) mass is 347 g/mol. The van der Waals surface area contributed by atoms with Crippen LogP contribution in [0.15, 0.2) is 72.8 Å². The molecule has 0 spiro atoms. The summed E-state index contributed by atoms with van der Waals surface area (Å²) in [6.45, 7) is 2.30. The number of benzene rings is 3. The van der Waals surface area contributed by atoms with Gasteiger partial charge in [0.15, 0.2) is 0 Å². The van der Waals surface area contributed by atoms with E-state index in [1.165, 1.54) is 16.4 Å². The van der Waals surface area contributed by atoms with Crippen molar-refractivity contribution in [2.45, 2.75) is 6.82 Å². The predicted molar refractivity (Wildman–Crippen MR) is 110 cm³/mol. The highest BCUT2D eigenvalue weighted by Crippen LogP contribution is 2.16. The summed E-state index contributed by atoms with van der Waals surface area (Å²) >= 11 is 0. The van der Waals surface area contributed by atoms with Gasteiger partial charge in [-0.15, -0.1) is 0 Å². The maximum absolute atomic E-state index is 5.33. The zero-order valence-electron chi connectivity index (χ0n) is 15.7. The molecule has 3 aromatic carbocycles. The van der Waals surface area contributed by atoms with Crippen molar-refractivity contribution < 1.29 is 14.2 Å². The molecule has 0 N–H and O–H groups in total. The number of methoxy groups -OCH3 is 3. The lowest BCUT2D eigenvalue weighted by atomic mass is 9.17. The van der Waals surface area contributed by atoms with Gasteiger partial charge in [-0.3, -0.25) is 0 Å².